The molecule has 4 heteroatoms. The van der Waals surface area contributed by atoms with E-state index < -0.39 is 0 Å². The van der Waals surface area contributed by atoms with E-state index in [0.717, 1.165) is 23.2 Å². The molecule has 0 aliphatic rings. The Bertz CT molecular complexity index is 2270. The second-order valence-corrected chi connectivity index (χ2v) is 17.8. The van der Waals surface area contributed by atoms with Crippen LogP contribution in [0.3, 0.4) is 0 Å². The molecule has 0 atom stereocenters. The molecule has 0 bridgehead atoms. The molecule has 7 aromatic rings. The Labute approximate surface area is 391 Å². The van der Waals surface area contributed by atoms with Gasteiger partial charge in [0.25, 0.3) is 5.82 Å². The number of imidazole rings is 2. The van der Waals surface area contributed by atoms with Crippen molar-refractivity contribution in [3.63, 3.8) is 0 Å². The highest BCUT2D eigenvalue weighted by Gasteiger charge is 2.27. The molecule has 0 fully saturated rings. The first-order valence-corrected chi connectivity index (χ1v) is 24.2. The standard InChI is InChI=1S/C28H31N2.C19H20N2.C5H12.C4H10.2C2H6/c1-20(2)25-18-24(22-12-8-6-9-13-22)19-26(21(3)4)27(25)30-17-16-29(5)28(30)23-14-10-7-11-15-23;1-14(2)17-11-7-8-15(3)18(17)21-13-12-20-19(21)16-9-5-4-6-10-16;1-4-5(2)3;1-4(2)3;2*1-2/h6-21H,1-5H3;4-14H,1-3H3;5H,4H2,1-3H3;4H,1-3H3;2*1-2H3/q+1;;;;;. The van der Waals surface area contributed by atoms with Crippen LogP contribution in [0.1, 0.15) is 157 Å². The number of benzene rings is 5. The molecule has 64 heavy (non-hydrogen) atoms. The number of aryl methyl sites for hydroxylation is 2. The number of para-hydroxylation sites is 1. The number of hydrogen-bond acceptors (Lipinski definition) is 1. The van der Waals surface area contributed by atoms with E-state index in [1.54, 1.807) is 0 Å². The predicted octanol–water partition coefficient (Wildman–Crippen LogP) is 17.6. The molecule has 0 aliphatic heterocycles. The lowest BCUT2D eigenvalue weighted by Gasteiger charge is -2.20. The van der Waals surface area contributed by atoms with Crippen LogP contribution in [0.5, 0.6) is 0 Å². The largest absolute Gasteiger partial charge is 0.299 e. The first-order valence-electron chi connectivity index (χ1n) is 24.2. The maximum absolute atomic E-state index is 4.57. The van der Waals surface area contributed by atoms with Gasteiger partial charge in [-0.25, -0.2) is 9.55 Å². The zero-order valence-electron chi connectivity index (χ0n) is 43.2. The van der Waals surface area contributed by atoms with Gasteiger partial charge in [0.15, 0.2) is 0 Å². The molecule has 0 saturated carbocycles. The van der Waals surface area contributed by atoms with Gasteiger partial charge >= 0.3 is 0 Å². The monoisotopic (exact) mass is 862 g/mol. The quantitative estimate of drug-likeness (QED) is 0.133. The van der Waals surface area contributed by atoms with Gasteiger partial charge in [-0.1, -0.05) is 214 Å². The van der Waals surface area contributed by atoms with Crippen LogP contribution < -0.4 is 4.57 Å². The molecular formula is C60H85N4+. The fraction of sp³-hybridized carbons (Fsp3) is 0.400. The van der Waals surface area contributed by atoms with Crippen molar-refractivity contribution in [3.05, 3.63) is 168 Å². The van der Waals surface area contributed by atoms with E-state index in [2.05, 4.69) is 250 Å². The zero-order chi connectivity index (χ0) is 47.9. The Kier molecular flexibility index (Phi) is 24.2. The second kappa shape index (κ2) is 28.3. The summed E-state index contributed by atoms with van der Waals surface area (Å²) in [5.41, 5.74) is 12.9. The minimum atomic E-state index is 0.414. The number of aromatic nitrogens is 4. The molecule has 0 radical (unpaired) electrons. The highest BCUT2D eigenvalue weighted by atomic mass is 15.1. The summed E-state index contributed by atoms with van der Waals surface area (Å²) in [6, 6.07) is 43.0. The molecule has 0 N–H and O–H groups in total. The maximum Gasteiger partial charge on any atom is 0.293 e. The van der Waals surface area contributed by atoms with Crippen molar-refractivity contribution >= 4 is 0 Å². The van der Waals surface area contributed by atoms with Gasteiger partial charge in [0, 0.05) is 29.1 Å². The summed E-state index contributed by atoms with van der Waals surface area (Å²) < 4.78 is 6.81. The van der Waals surface area contributed by atoms with Crippen LogP contribution in [0.2, 0.25) is 0 Å². The SMILES string of the molecule is CC.CC.CC(C)C.CC(C)c1cc(-c2ccccc2)cc(C(C)C)c1-n1cc[n+](C)c1-c1ccccc1.CCC(C)C.Cc1cccc(C(C)C)c1-n1ccnc1-c1ccccc1. The van der Waals surface area contributed by atoms with E-state index in [4.69, 9.17) is 0 Å². The summed E-state index contributed by atoms with van der Waals surface area (Å²) in [7, 11) is 2.13. The van der Waals surface area contributed by atoms with Gasteiger partial charge in [-0.15, -0.1) is 0 Å². The first kappa shape index (κ1) is 54.7. The third kappa shape index (κ3) is 15.6. The molecule has 344 valence electrons. The average Bonchev–Trinajstić information content (AvgIpc) is 3.95. The third-order valence-corrected chi connectivity index (χ3v) is 10.4. The van der Waals surface area contributed by atoms with Crippen molar-refractivity contribution < 1.29 is 4.57 Å². The van der Waals surface area contributed by atoms with E-state index >= 15 is 0 Å². The van der Waals surface area contributed by atoms with Crippen LogP contribution in [0.4, 0.5) is 0 Å². The number of nitrogens with zero attached hydrogens (tertiary/aromatic N) is 4. The summed E-state index contributed by atoms with van der Waals surface area (Å²) in [5, 5.41) is 0. The molecule has 0 unspecified atom stereocenters. The molecule has 0 aliphatic carbocycles. The molecular weight excluding hydrogens is 777 g/mol. The Morgan fingerprint density at radius 2 is 0.938 bits per heavy atom. The molecule has 0 spiro atoms. The van der Waals surface area contributed by atoms with Gasteiger partial charge < -0.3 is 0 Å². The van der Waals surface area contributed by atoms with Crippen molar-refractivity contribution in [3.8, 4) is 45.3 Å². The second-order valence-electron chi connectivity index (χ2n) is 17.8. The number of rotatable bonds is 9. The molecule has 4 nitrogen and oxygen atoms in total. The summed E-state index contributed by atoms with van der Waals surface area (Å²) in [6.45, 7) is 37.0. The highest BCUT2D eigenvalue weighted by Crippen LogP contribution is 2.37. The molecule has 7 rings (SSSR count). The Morgan fingerprint density at radius 1 is 0.500 bits per heavy atom. The van der Waals surface area contributed by atoms with Gasteiger partial charge in [0.2, 0.25) is 0 Å². The minimum absolute atomic E-state index is 0.414. The van der Waals surface area contributed by atoms with E-state index in [-0.39, 0.29) is 0 Å². The van der Waals surface area contributed by atoms with Crippen LogP contribution >= 0.6 is 0 Å². The zero-order valence-corrected chi connectivity index (χ0v) is 43.2. The van der Waals surface area contributed by atoms with E-state index in [1.807, 2.05) is 40.0 Å². The molecule has 0 saturated heterocycles. The predicted molar refractivity (Wildman–Crippen MR) is 282 cm³/mol. The Hall–Kier alpha value is -5.48. The van der Waals surface area contributed by atoms with Crippen LogP contribution in [0, 0.1) is 18.8 Å². The van der Waals surface area contributed by atoms with Crippen molar-refractivity contribution in [2.45, 2.75) is 142 Å². The van der Waals surface area contributed by atoms with Crippen LogP contribution in [0.25, 0.3) is 45.3 Å². The number of hydrogen-bond donors (Lipinski definition) is 0. The van der Waals surface area contributed by atoms with Gasteiger partial charge in [-0.3, -0.25) is 4.57 Å². The van der Waals surface area contributed by atoms with Crippen molar-refractivity contribution in [1.29, 1.82) is 0 Å². The summed E-state index contributed by atoms with van der Waals surface area (Å²) >= 11 is 0. The Morgan fingerprint density at radius 3 is 1.38 bits per heavy atom. The summed E-state index contributed by atoms with van der Waals surface area (Å²) in [6.07, 6.45) is 9.59. The first-order chi connectivity index (χ1) is 30.7. The van der Waals surface area contributed by atoms with E-state index in [1.165, 1.54) is 62.6 Å². The van der Waals surface area contributed by atoms with E-state index in [0.29, 0.717) is 17.8 Å². The molecule has 2 aromatic heterocycles. The molecule has 5 aromatic carbocycles. The normalized spacial score (nSPS) is 10.5. The van der Waals surface area contributed by atoms with Crippen molar-refractivity contribution in [2.75, 3.05) is 0 Å². The molecule has 0 amide bonds. The van der Waals surface area contributed by atoms with Crippen molar-refractivity contribution in [2.24, 2.45) is 18.9 Å². The third-order valence-electron chi connectivity index (χ3n) is 10.4. The van der Waals surface area contributed by atoms with E-state index in [9.17, 15) is 0 Å². The van der Waals surface area contributed by atoms with Crippen molar-refractivity contribution in [1.82, 2.24) is 14.1 Å². The smallest absolute Gasteiger partial charge is 0.293 e. The summed E-state index contributed by atoms with van der Waals surface area (Å²) in [4.78, 5) is 4.57. The van der Waals surface area contributed by atoms with Gasteiger partial charge in [0.1, 0.15) is 23.9 Å². The lowest BCUT2D eigenvalue weighted by atomic mass is 9.88. The summed E-state index contributed by atoms with van der Waals surface area (Å²) in [5.74, 6) is 5.22. The van der Waals surface area contributed by atoms with Gasteiger partial charge in [0.05, 0.1) is 18.3 Å². The van der Waals surface area contributed by atoms with Gasteiger partial charge in [-0.05, 0) is 83.0 Å². The molecule has 2 heterocycles. The maximum atomic E-state index is 4.57. The fourth-order valence-electron chi connectivity index (χ4n) is 6.99. The lowest BCUT2D eigenvalue weighted by molar-refractivity contribution is -0.659. The van der Waals surface area contributed by atoms with Crippen LogP contribution in [-0.4, -0.2) is 14.1 Å². The fourth-order valence-corrected chi connectivity index (χ4v) is 6.99. The van der Waals surface area contributed by atoms with Gasteiger partial charge in [-0.2, -0.15) is 4.57 Å². The van der Waals surface area contributed by atoms with Crippen LogP contribution in [0.15, 0.2) is 146 Å². The lowest BCUT2D eigenvalue weighted by Crippen LogP contribution is -2.29. The average molecular weight is 862 g/mol. The topological polar surface area (TPSA) is 26.6 Å². The Balaban J connectivity index is 0.000000359. The minimum Gasteiger partial charge on any atom is -0.299 e. The van der Waals surface area contributed by atoms with Crippen LogP contribution in [-0.2, 0) is 7.05 Å². The highest BCUT2D eigenvalue weighted by molar-refractivity contribution is 5.71.